The predicted molar refractivity (Wildman–Crippen MR) is 92.7 cm³/mol. The van der Waals surface area contributed by atoms with Crippen molar-refractivity contribution >= 4 is 12.4 Å². The van der Waals surface area contributed by atoms with Crippen LogP contribution in [0.25, 0.3) is 0 Å². The van der Waals surface area contributed by atoms with Crippen LogP contribution >= 0.6 is 12.4 Å². The Morgan fingerprint density at radius 2 is 1.55 bits per heavy atom. The number of halogens is 1. The molecule has 1 aromatic rings. The van der Waals surface area contributed by atoms with Gasteiger partial charge in [-0.25, -0.2) is 0 Å². The van der Waals surface area contributed by atoms with Gasteiger partial charge in [-0.15, -0.1) is 12.4 Å². The van der Waals surface area contributed by atoms with E-state index in [0.29, 0.717) is 0 Å². The first-order chi connectivity index (χ1) is 9.16. The standard InChI is InChI=1S/C18H31N.ClH/c1-4-5-6-7-8-9-10-14-18(19)17-13-11-12-15(2)16(17)3;/h11-13,18H,4-10,14,19H2,1-3H3;1H. The van der Waals surface area contributed by atoms with Crippen molar-refractivity contribution in [3.05, 3.63) is 34.9 Å². The zero-order valence-electron chi connectivity index (χ0n) is 13.5. The first-order valence-corrected chi connectivity index (χ1v) is 7.98. The fraction of sp³-hybridized carbons (Fsp3) is 0.667. The summed E-state index contributed by atoms with van der Waals surface area (Å²) >= 11 is 0. The highest BCUT2D eigenvalue weighted by Gasteiger charge is 2.09. The summed E-state index contributed by atoms with van der Waals surface area (Å²) in [7, 11) is 0. The van der Waals surface area contributed by atoms with Crippen LogP contribution in [0.5, 0.6) is 0 Å². The van der Waals surface area contributed by atoms with E-state index >= 15 is 0 Å². The lowest BCUT2D eigenvalue weighted by Gasteiger charge is -2.16. The lowest BCUT2D eigenvalue weighted by atomic mass is 9.94. The second-order valence-electron chi connectivity index (χ2n) is 5.81. The summed E-state index contributed by atoms with van der Waals surface area (Å²) in [5.74, 6) is 0. The van der Waals surface area contributed by atoms with Crippen LogP contribution in [-0.2, 0) is 0 Å². The third kappa shape index (κ3) is 6.76. The zero-order chi connectivity index (χ0) is 14.1. The molecule has 2 heteroatoms. The van der Waals surface area contributed by atoms with Gasteiger partial charge in [0, 0.05) is 6.04 Å². The summed E-state index contributed by atoms with van der Waals surface area (Å²) < 4.78 is 0. The smallest absolute Gasteiger partial charge is 0.0297 e. The molecule has 0 heterocycles. The molecule has 116 valence electrons. The molecule has 0 saturated heterocycles. The van der Waals surface area contributed by atoms with E-state index in [1.165, 1.54) is 61.6 Å². The highest BCUT2D eigenvalue weighted by Crippen LogP contribution is 2.23. The maximum Gasteiger partial charge on any atom is 0.0297 e. The highest BCUT2D eigenvalue weighted by atomic mass is 35.5. The van der Waals surface area contributed by atoms with E-state index in [0.717, 1.165) is 6.42 Å². The minimum atomic E-state index is 0. The van der Waals surface area contributed by atoms with Crippen molar-refractivity contribution in [1.29, 1.82) is 0 Å². The van der Waals surface area contributed by atoms with Crippen LogP contribution in [0.4, 0.5) is 0 Å². The molecule has 0 bridgehead atoms. The molecule has 0 fully saturated rings. The van der Waals surface area contributed by atoms with Crippen molar-refractivity contribution in [1.82, 2.24) is 0 Å². The average Bonchev–Trinajstić information content (AvgIpc) is 2.40. The van der Waals surface area contributed by atoms with Crippen LogP contribution in [0.3, 0.4) is 0 Å². The van der Waals surface area contributed by atoms with Crippen LogP contribution < -0.4 is 5.73 Å². The molecule has 1 aromatic carbocycles. The third-order valence-electron chi connectivity index (χ3n) is 4.16. The van der Waals surface area contributed by atoms with Gasteiger partial charge in [-0.3, -0.25) is 0 Å². The number of hydrogen-bond acceptors (Lipinski definition) is 1. The maximum absolute atomic E-state index is 6.33. The molecular weight excluding hydrogens is 266 g/mol. The fourth-order valence-corrected chi connectivity index (χ4v) is 2.65. The summed E-state index contributed by atoms with van der Waals surface area (Å²) in [6.07, 6.45) is 10.6. The van der Waals surface area contributed by atoms with Crippen molar-refractivity contribution in [2.24, 2.45) is 5.73 Å². The topological polar surface area (TPSA) is 26.0 Å². The summed E-state index contributed by atoms with van der Waals surface area (Å²) in [4.78, 5) is 0. The van der Waals surface area contributed by atoms with Crippen LogP contribution in [-0.4, -0.2) is 0 Å². The van der Waals surface area contributed by atoms with E-state index in [1.807, 2.05) is 0 Å². The number of nitrogens with two attached hydrogens (primary N) is 1. The zero-order valence-corrected chi connectivity index (χ0v) is 14.3. The van der Waals surface area contributed by atoms with Crippen molar-refractivity contribution < 1.29 is 0 Å². The normalized spacial score (nSPS) is 12.0. The Hall–Kier alpha value is -0.530. The van der Waals surface area contributed by atoms with Gasteiger partial charge in [-0.2, -0.15) is 0 Å². The monoisotopic (exact) mass is 297 g/mol. The number of benzene rings is 1. The molecule has 1 atom stereocenters. The van der Waals surface area contributed by atoms with E-state index in [9.17, 15) is 0 Å². The second-order valence-corrected chi connectivity index (χ2v) is 5.81. The Balaban J connectivity index is 0.00000361. The molecule has 1 rings (SSSR count). The molecule has 0 aliphatic heterocycles. The highest BCUT2D eigenvalue weighted by molar-refractivity contribution is 5.85. The first-order valence-electron chi connectivity index (χ1n) is 7.98. The van der Waals surface area contributed by atoms with E-state index in [1.54, 1.807) is 0 Å². The molecule has 2 N–H and O–H groups in total. The van der Waals surface area contributed by atoms with Crippen LogP contribution in [0.15, 0.2) is 18.2 Å². The summed E-state index contributed by atoms with van der Waals surface area (Å²) in [5, 5.41) is 0. The Morgan fingerprint density at radius 1 is 0.950 bits per heavy atom. The summed E-state index contributed by atoms with van der Waals surface area (Å²) in [5.41, 5.74) is 10.4. The van der Waals surface area contributed by atoms with Crippen LogP contribution in [0.1, 0.15) is 81.0 Å². The molecule has 20 heavy (non-hydrogen) atoms. The lowest BCUT2D eigenvalue weighted by molar-refractivity contribution is 0.540. The Labute approximate surface area is 131 Å². The number of aryl methyl sites for hydroxylation is 1. The van der Waals surface area contributed by atoms with Gasteiger partial charge in [-0.1, -0.05) is 70.1 Å². The Morgan fingerprint density at radius 3 is 2.20 bits per heavy atom. The molecule has 0 amide bonds. The van der Waals surface area contributed by atoms with Crippen molar-refractivity contribution in [2.75, 3.05) is 0 Å². The van der Waals surface area contributed by atoms with Gasteiger partial charge in [-0.05, 0) is 37.0 Å². The molecule has 1 nitrogen and oxygen atoms in total. The SMILES string of the molecule is CCCCCCCCCC(N)c1cccc(C)c1C.Cl. The largest absolute Gasteiger partial charge is 0.324 e. The van der Waals surface area contributed by atoms with Crippen molar-refractivity contribution in [3.8, 4) is 0 Å². The Bertz CT molecular complexity index is 362. The van der Waals surface area contributed by atoms with E-state index < -0.39 is 0 Å². The van der Waals surface area contributed by atoms with Gasteiger partial charge in [0.25, 0.3) is 0 Å². The van der Waals surface area contributed by atoms with E-state index in [2.05, 4.69) is 39.0 Å². The minimum absolute atomic E-state index is 0. The minimum Gasteiger partial charge on any atom is -0.324 e. The number of unbranched alkanes of at least 4 members (excludes halogenated alkanes) is 6. The number of hydrogen-bond donors (Lipinski definition) is 1. The molecule has 0 radical (unpaired) electrons. The van der Waals surface area contributed by atoms with Gasteiger partial charge in [0.1, 0.15) is 0 Å². The maximum atomic E-state index is 6.33. The first kappa shape index (κ1) is 19.5. The molecule has 0 aromatic heterocycles. The molecule has 0 spiro atoms. The van der Waals surface area contributed by atoms with Crippen molar-refractivity contribution in [3.63, 3.8) is 0 Å². The van der Waals surface area contributed by atoms with Gasteiger partial charge in [0.2, 0.25) is 0 Å². The summed E-state index contributed by atoms with van der Waals surface area (Å²) in [6, 6.07) is 6.70. The molecule has 0 aliphatic rings. The van der Waals surface area contributed by atoms with Crippen LogP contribution in [0.2, 0.25) is 0 Å². The summed E-state index contributed by atoms with van der Waals surface area (Å²) in [6.45, 7) is 6.62. The molecule has 0 saturated carbocycles. The van der Waals surface area contributed by atoms with Gasteiger partial charge in [0.15, 0.2) is 0 Å². The van der Waals surface area contributed by atoms with Gasteiger partial charge in [0.05, 0.1) is 0 Å². The van der Waals surface area contributed by atoms with Gasteiger partial charge >= 0.3 is 0 Å². The third-order valence-corrected chi connectivity index (χ3v) is 4.16. The second kappa shape index (κ2) is 11.2. The van der Waals surface area contributed by atoms with E-state index in [-0.39, 0.29) is 18.4 Å². The lowest BCUT2D eigenvalue weighted by Crippen LogP contribution is -2.12. The molecule has 0 aliphatic carbocycles. The Kier molecular flexibility index (Phi) is 10.9. The molecular formula is C18H32ClN. The molecule has 1 unspecified atom stereocenters. The van der Waals surface area contributed by atoms with Crippen molar-refractivity contribution in [2.45, 2.75) is 78.2 Å². The van der Waals surface area contributed by atoms with Crippen LogP contribution in [0, 0.1) is 13.8 Å². The predicted octanol–water partition coefficient (Wildman–Crippen LogP) is 5.87. The fourth-order valence-electron chi connectivity index (χ4n) is 2.65. The quantitative estimate of drug-likeness (QED) is 0.567. The number of rotatable bonds is 9. The average molecular weight is 298 g/mol. The van der Waals surface area contributed by atoms with E-state index in [4.69, 9.17) is 5.73 Å². The van der Waals surface area contributed by atoms with Gasteiger partial charge < -0.3 is 5.73 Å².